The summed E-state index contributed by atoms with van der Waals surface area (Å²) in [5.74, 6) is -2.10. The van der Waals surface area contributed by atoms with Gasteiger partial charge in [-0.05, 0) is 158 Å². The Bertz CT molecular complexity index is 4060. The summed E-state index contributed by atoms with van der Waals surface area (Å²) in [6, 6.07) is 25.1. The van der Waals surface area contributed by atoms with Gasteiger partial charge in [-0.15, -0.1) is 0 Å². The van der Waals surface area contributed by atoms with Crippen molar-refractivity contribution in [1.29, 1.82) is 0 Å². The van der Waals surface area contributed by atoms with Crippen LogP contribution in [0.3, 0.4) is 0 Å². The van der Waals surface area contributed by atoms with E-state index in [2.05, 4.69) is 40.0 Å². The fourth-order valence-corrected chi connectivity index (χ4v) is 8.77. The molecular weight excluding hydrogens is 1470 g/mol. The summed E-state index contributed by atoms with van der Waals surface area (Å²) >= 11 is 0. The van der Waals surface area contributed by atoms with Crippen molar-refractivity contribution in [2.45, 2.75) is 183 Å². The zero-order valence-electron chi connectivity index (χ0n) is 76.5. The summed E-state index contributed by atoms with van der Waals surface area (Å²) in [4.78, 5) is 73.9. The van der Waals surface area contributed by atoms with Crippen molar-refractivity contribution in [3.05, 3.63) is 118 Å². The van der Waals surface area contributed by atoms with E-state index < -0.39 is 147 Å². The van der Waals surface area contributed by atoms with Crippen molar-refractivity contribution in [2.24, 2.45) is 0 Å². The molecule has 0 unspecified atom stereocenters. The number of carbonyl (C=O) groups is 6. The molecular formula is C73H102F15N7O13. The number of methoxy groups -OCH3 is 2. The standard InChI is InChI=1S/C32H41F6N3O5.C24H31NO4.C8H10F6N2O2.C6H15N.C2HF3O2.CH4/c1-22-8-11-24(21-39-15-17-40(18-16-39)29(43)45-28(31(33,34)35)32(36,37)38)26(19-22)41(14-6-7-27(42)46-30(2,3)4)20-23-9-12-25(44-5)13-10-23;1-18-8-11-20(17-26)22(15-18)25(14-6-7-23(27)29-24(2,3)4)16-19-9-12-21(28-5)13-10-19;9-7(10,11)5(8(12,13)14)18-6(17)16-3-1-15-2-4-16;1-4-7(5-2)6-3;3-2(4,5)1(6)7;/h8-13,19,28H,6-7,14-18,20-21H2,1-5H3;8-13,15,17H,6-7,14,16H2,1-5H3;5,15H,1-4H2;4-6H2,1-3H3;(H,6,7);1H4/i15D2,16D2,17D2,18D2;;1D2,2D2,3D2,4D2;;;. The lowest BCUT2D eigenvalue weighted by Crippen LogP contribution is -2.52. The van der Waals surface area contributed by atoms with Crippen molar-refractivity contribution in [2.75, 3.05) is 109 Å². The molecule has 0 atom stereocenters. The topological polar surface area (TPSA) is 209 Å². The van der Waals surface area contributed by atoms with E-state index in [0.717, 1.165) is 34.4 Å². The van der Waals surface area contributed by atoms with E-state index in [4.69, 9.17) is 50.8 Å². The van der Waals surface area contributed by atoms with Gasteiger partial charge in [-0.25, -0.2) is 14.4 Å². The molecule has 2 aliphatic heterocycles. The minimum Gasteiger partial charge on any atom is -0.497 e. The molecule has 0 aromatic heterocycles. The number of aldehydes is 1. The first-order chi connectivity index (χ1) is 55.5. The van der Waals surface area contributed by atoms with Gasteiger partial charge in [0.2, 0.25) is 0 Å². The number of hydrogen-bond donors (Lipinski definition) is 2. The highest BCUT2D eigenvalue weighted by Crippen LogP contribution is 2.38. The fraction of sp³-hybridized carbons (Fsp3) is 0.589. The van der Waals surface area contributed by atoms with Gasteiger partial charge in [0.1, 0.15) is 22.7 Å². The Morgan fingerprint density at radius 2 is 0.898 bits per heavy atom. The average molecular weight is 1590 g/mol. The third-order valence-electron chi connectivity index (χ3n) is 13.7. The zero-order valence-corrected chi connectivity index (χ0v) is 60.5. The Morgan fingerprint density at radius 1 is 0.546 bits per heavy atom. The van der Waals surface area contributed by atoms with Crippen LogP contribution in [0.2, 0.25) is 0 Å². The highest BCUT2D eigenvalue weighted by molar-refractivity contribution is 5.85. The number of carbonyl (C=O) groups excluding carboxylic acids is 5. The van der Waals surface area contributed by atoms with Gasteiger partial charge in [-0.2, -0.15) is 65.9 Å². The van der Waals surface area contributed by atoms with Gasteiger partial charge in [0.15, 0.2) is 6.29 Å². The van der Waals surface area contributed by atoms with Crippen LogP contribution in [-0.4, -0.2) is 214 Å². The van der Waals surface area contributed by atoms with Crippen LogP contribution in [-0.2, 0) is 53.0 Å². The van der Waals surface area contributed by atoms with Gasteiger partial charge in [0.25, 0.3) is 12.2 Å². The summed E-state index contributed by atoms with van der Waals surface area (Å²) in [5, 5.41) is 8.36. The maximum absolute atomic E-state index is 13.2. The number of hydrogen-bond acceptors (Lipinski definition) is 17. The lowest BCUT2D eigenvalue weighted by molar-refractivity contribution is -0.309. The van der Waals surface area contributed by atoms with Crippen LogP contribution in [0, 0.1) is 13.8 Å². The predicted molar refractivity (Wildman–Crippen MR) is 376 cm³/mol. The number of ether oxygens (including phenoxy) is 6. The number of esters is 2. The van der Waals surface area contributed by atoms with Crippen molar-refractivity contribution < 1.29 is 150 Å². The zero-order chi connectivity index (χ0) is 95.8. The number of carboxylic acids is 1. The molecule has 20 nitrogen and oxygen atoms in total. The van der Waals surface area contributed by atoms with Crippen LogP contribution in [0.1, 0.15) is 156 Å². The van der Waals surface area contributed by atoms with E-state index in [9.17, 15) is 89.8 Å². The number of halogens is 15. The molecule has 2 amide bonds. The first-order valence-electron chi connectivity index (χ1n) is 40.2. The summed E-state index contributed by atoms with van der Waals surface area (Å²) in [6.07, 6.45) is -43.5. The molecule has 2 heterocycles. The van der Waals surface area contributed by atoms with Crippen LogP contribution in [0.5, 0.6) is 11.5 Å². The number of piperazine rings is 2. The molecule has 0 bridgehead atoms. The Morgan fingerprint density at radius 3 is 1.22 bits per heavy atom. The number of rotatable bonds is 24. The Hall–Kier alpha value is -8.47. The summed E-state index contributed by atoms with van der Waals surface area (Å²) in [7, 11) is 3.12. The first kappa shape index (κ1) is 72.4. The fourth-order valence-electron chi connectivity index (χ4n) is 8.77. The number of anilines is 2. The second-order valence-electron chi connectivity index (χ2n) is 24.7. The van der Waals surface area contributed by atoms with Crippen LogP contribution >= 0.6 is 0 Å². The van der Waals surface area contributed by atoms with E-state index in [1.54, 1.807) is 76.1 Å². The lowest BCUT2D eigenvalue weighted by atomic mass is 10.1. The monoisotopic (exact) mass is 1590 g/mol. The molecule has 0 aliphatic carbocycles. The van der Waals surface area contributed by atoms with Crippen molar-refractivity contribution in [3.8, 4) is 11.5 Å². The number of amides is 2. The minimum absolute atomic E-state index is 0. The average Bonchev–Trinajstić information content (AvgIpc) is 0.687. The minimum atomic E-state index is -6.29. The third kappa shape index (κ3) is 37.6. The number of nitrogens with one attached hydrogen (secondary N) is 1. The van der Waals surface area contributed by atoms with Gasteiger partial charge in [-0.3, -0.25) is 19.3 Å². The van der Waals surface area contributed by atoms with Gasteiger partial charge >= 0.3 is 61.0 Å². The maximum atomic E-state index is 13.2. The van der Waals surface area contributed by atoms with Gasteiger partial charge < -0.3 is 63.3 Å². The quantitative estimate of drug-likeness (QED) is 0.0289. The van der Waals surface area contributed by atoms with Crippen molar-refractivity contribution in [3.63, 3.8) is 0 Å². The summed E-state index contributed by atoms with van der Waals surface area (Å²) in [6.45, 7) is -5.83. The van der Waals surface area contributed by atoms with E-state index >= 15 is 0 Å². The van der Waals surface area contributed by atoms with E-state index in [1.807, 2.05) is 70.2 Å². The van der Waals surface area contributed by atoms with Crippen LogP contribution in [0.4, 0.5) is 86.8 Å². The van der Waals surface area contributed by atoms with Crippen molar-refractivity contribution >= 4 is 47.8 Å². The molecule has 2 fully saturated rings. The Balaban J connectivity index is 0.000000920. The number of nitrogens with zero attached hydrogens (tertiary/aromatic N) is 6. The highest BCUT2D eigenvalue weighted by atomic mass is 19.4. The highest BCUT2D eigenvalue weighted by Gasteiger charge is 2.61. The lowest BCUT2D eigenvalue weighted by Gasteiger charge is -2.36. The molecule has 0 spiro atoms. The number of carboxylic acid groups (broad SMARTS) is 1. The summed E-state index contributed by atoms with van der Waals surface area (Å²) in [5.41, 5.74) is 4.22. The normalized spacial score (nSPS) is 19.6. The molecule has 6 rings (SSSR count). The summed E-state index contributed by atoms with van der Waals surface area (Å²) < 4.78 is 341. The first-order valence-corrected chi connectivity index (χ1v) is 32.2. The van der Waals surface area contributed by atoms with Gasteiger partial charge in [-0.1, -0.05) is 70.7 Å². The van der Waals surface area contributed by atoms with E-state index in [1.165, 1.54) is 38.1 Å². The largest absolute Gasteiger partial charge is 0.497 e. The van der Waals surface area contributed by atoms with Crippen molar-refractivity contribution in [1.82, 2.24) is 24.9 Å². The molecule has 0 radical (unpaired) electrons. The SMILES string of the molecule is C.CCN(CC)CC.COc1ccc(CN(CCCC(=O)OC(C)(C)C)c2cc(C)ccc2C=O)cc1.O=C(O)C(F)(F)F.[2H]C1([2H])N(Cc2ccc(C)cc2N(CCCC(=O)OC(C)(C)C)Cc2ccc(OC)cc2)C([2H])([2H])C([2H])([2H])N(C(=O)OC(C(F)(F)F)C(F)(F)F)C1([2H])[2H].[2H]C1([2H])NC([2H])([2H])C([2H])([2H])N(C(=O)OC(C(F)(F)F)C(F)(F)F)C1([2H])[2H]. The molecule has 2 aliphatic rings. The van der Waals surface area contributed by atoms with E-state index in [0.29, 0.717) is 48.5 Å². The number of aryl methyl sites for hydroxylation is 2. The molecule has 4 aromatic carbocycles. The predicted octanol–water partition coefficient (Wildman–Crippen LogP) is 16.0. The van der Waals surface area contributed by atoms with Crippen LogP contribution in [0.15, 0.2) is 84.9 Å². The number of aliphatic carboxylic acids is 1. The Labute approximate surface area is 643 Å². The van der Waals surface area contributed by atoms with Crippen LogP contribution in [0.25, 0.3) is 0 Å². The van der Waals surface area contributed by atoms with Crippen LogP contribution < -0.4 is 24.6 Å². The second-order valence-corrected chi connectivity index (χ2v) is 24.7. The smallest absolute Gasteiger partial charge is 0.490 e. The van der Waals surface area contributed by atoms with Gasteiger partial charge in [0, 0.05) is 125 Å². The third-order valence-corrected chi connectivity index (χ3v) is 13.7. The van der Waals surface area contributed by atoms with E-state index in [-0.39, 0.29) is 49.8 Å². The molecule has 0 saturated carbocycles. The molecule has 2 saturated heterocycles. The van der Waals surface area contributed by atoms with Gasteiger partial charge in [0.05, 0.1) is 25.2 Å². The number of alkyl halides is 15. The Kier molecular flexibility index (Phi) is 30.1. The molecule has 612 valence electrons. The number of benzene rings is 4. The molecule has 35 heteroatoms. The molecule has 2 N–H and O–H groups in total. The molecule has 4 aromatic rings. The maximum Gasteiger partial charge on any atom is 0.490 e. The second kappa shape index (κ2) is 44.9. The molecule has 108 heavy (non-hydrogen) atoms.